The lowest BCUT2D eigenvalue weighted by Gasteiger charge is -2.21. The fraction of sp³-hybridized carbons (Fsp3) is 0.545. The minimum absolute atomic E-state index is 0.255. The Kier molecular flexibility index (Phi) is 7.32. The van der Waals surface area contributed by atoms with Gasteiger partial charge in [0, 0.05) is 38.7 Å². The molecule has 0 amide bonds. The highest BCUT2D eigenvalue weighted by molar-refractivity contribution is 6.07. The summed E-state index contributed by atoms with van der Waals surface area (Å²) in [7, 11) is 3.23. The second-order valence-electron chi connectivity index (χ2n) is 7.97. The third-order valence-corrected chi connectivity index (χ3v) is 4.83. The third-order valence-electron chi connectivity index (χ3n) is 4.83. The van der Waals surface area contributed by atoms with Gasteiger partial charge in [-0.25, -0.2) is 9.97 Å². The Morgan fingerprint density at radius 2 is 2.00 bits per heavy atom. The molecule has 170 valence electrons. The van der Waals surface area contributed by atoms with Crippen molar-refractivity contribution in [3.63, 3.8) is 0 Å². The number of aromatic nitrogens is 3. The first kappa shape index (κ1) is 23.2. The van der Waals surface area contributed by atoms with Crippen LogP contribution >= 0.6 is 0 Å². The number of pyridine rings is 1. The SMILES string of the molecule is CCOC(COc1ccc2c(c1)nc(N)c1nc(CCOC)n(CC(C)(C)O)c12)OC. The summed E-state index contributed by atoms with van der Waals surface area (Å²) in [6.45, 7) is 7.10. The number of anilines is 1. The number of hydrogen-bond acceptors (Lipinski definition) is 8. The number of hydrogen-bond donors (Lipinski definition) is 2. The molecule has 31 heavy (non-hydrogen) atoms. The molecule has 1 unspecified atom stereocenters. The first-order valence-corrected chi connectivity index (χ1v) is 10.3. The van der Waals surface area contributed by atoms with Crippen LogP contribution in [0.3, 0.4) is 0 Å². The summed E-state index contributed by atoms with van der Waals surface area (Å²) in [5, 5.41) is 11.4. The van der Waals surface area contributed by atoms with Gasteiger partial charge in [-0.3, -0.25) is 0 Å². The zero-order valence-electron chi connectivity index (χ0n) is 18.8. The number of nitrogens with zero attached hydrogens (tertiary/aromatic N) is 3. The van der Waals surface area contributed by atoms with Crippen molar-refractivity contribution in [3.05, 3.63) is 24.0 Å². The molecule has 3 aromatic rings. The van der Waals surface area contributed by atoms with Gasteiger partial charge in [-0.2, -0.15) is 0 Å². The normalized spacial score (nSPS) is 13.2. The molecule has 0 aliphatic heterocycles. The lowest BCUT2D eigenvalue weighted by atomic mass is 10.1. The van der Waals surface area contributed by atoms with Gasteiger partial charge in [-0.05, 0) is 32.9 Å². The maximum absolute atomic E-state index is 10.5. The average Bonchev–Trinajstić information content (AvgIpc) is 3.06. The minimum Gasteiger partial charge on any atom is -0.488 e. The first-order valence-electron chi connectivity index (χ1n) is 10.3. The number of rotatable bonds is 11. The molecule has 0 saturated carbocycles. The predicted molar refractivity (Wildman–Crippen MR) is 119 cm³/mol. The number of nitrogen functional groups attached to an aromatic ring is 1. The van der Waals surface area contributed by atoms with Crippen LogP contribution in [0.2, 0.25) is 0 Å². The summed E-state index contributed by atoms with van der Waals surface area (Å²) in [5.74, 6) is 1.76. The number of ether oxygens (including phenoxy) is 4. The highest BCUT2D eigenvalue weighted by Gasteiger charge is 2.22. The average molecular weight is 433 g/mol. The van der Waals surface area contributed by atoms with Crippen LogP contribution < -0.4 is 10.5 Å². The quantitative estimate of drug-likeness (QED) is 0.444. The predicted octanol–water partition coefficient (Wildman–Crippen LogP) is 2.51. The smallest absolute Gasteiger partial charge is 0.191 e. The molecule has 0 aliphatic carbocycles. The van der Waals surface area contributed by atoms with Crippen LogP contribution in [0.1, 0.15) is 26.6 Å². The first-order chi connectivity index (χ1) is 14.8. The van der Waals surface area contributed by atoms with Gasteiger partial charge in [0.1, 0.15) is 23.7 Å². The van der Waals surface area contributed by atoms with Crippen molar-refractivity contribution in [2.45, 2.75) is 45.6 Å². The lowest BCUT2D eigenvalue weighted by molar-refractivity contribution is -0.137. The summed E-state index contributed by atoms with van der Waals surface area (Å²) in [6.07, 6.45) is 0.150. The van der Waals surface area contributed by atoms with Gasteiger partial charge in [0.25, 0.3) is 0 Å². The highest BCUT2D eigenvalue weighted by Crippen LogP contribution is 2.32. The van der Waals surface area contributed by atoms with E-state index in [1.165, 1.54) is 0 Å². The maximum Gasteiger partial charge on any atom is 0.191 e. The lowest BCUT2D eigenvalue weighted by Crippen LogP contribution is -2.27. The van der Waals surface area contributed by atoms with Crippen LogP contribution in [0.5, 0.6) is 5.75 Å². The Labute approximate surface area is 182 Å². The van der Waals surface area contributed by atoms with E-state index in [9.17, 15) is 5.11 Å². The fourth-order valence-electron chi connectivity index (χ4n) is 3.50. The van der Waals surface area contributed by atoms with Gasteiger partial charge in [-0.15, -0.1) is 0 Å². The van der Waals surface area contributed by atoms with E-state index in [4.69, 9.17) is 29.7 Å². The molecule has 2 heterocycles. The second-order valence-corrected chi connectivity index (χ2v) is 7.97. The van der Waals surface area contributed by atoms with E-state index >= 15 is 0 Å². The van der Waals surface area contributed by atoms with E-state index in [2.05, 4.69) is 4.98 Å². The molecule has 2 aromatic heterocycles. The molecule has 0 spiro atoms. The molecule has 1 aromatic carbocycles. The van der Waals surface area contributed by atoms with Crippen molar-refractivity contribution in [1.29, 1.82) is 0 Å². The zero-order chi connectivity index (χ0) is 22.6. The van der Waals surface area contributed by atoms with Gasteiger partial charge in [0.2, 0.25) is 0 Å². The van der Waals surface area contributed by atoms with E-state index in [0.717, 1.165) is 16.7 Å². The standard InChI is InChI=1S/C22H32N4O5/c1-6-30-18(29-5)12-31-14-7-8-15-16(11-14)24-21(23)19-20(15)26(13-22(2,3)27)17(25-19)9-10-28-4/h7-8,11,18,27H,6,9-10,12-13H2,1-5H3,(H2,23,24). The highest BCUT2D eigenvalue weighted by atomic mass is 16.7. The van der Waals surface area contributed by atoms with Crippen LogP contribution in [0.25, 0.3) is 21.9 Å². The monoisotopic (exact) mass is 432 g/mol. The van der Waals surface area contributed by atoms with Crippen molar-refractivity contribution in [1.82, 2.24) is 14.5 Å². The Balaban J connectivity index is 2.06. The number of nitrogens with two attached hydrogens (primary N) is 1. The van der Waals surface area contributed by atoms with Crippen LogP contribution in [0, 0.1) is 0 Å². The molecule has 0 radical (unpaired) electrons. The topological polar surface area (TPSA) is 114 Å². The van der Waals surface area contributed by atoms with Gasteiger partial charge in [0.05, 0.1) is 29.8 Å². The van der Waals surface area contributed by atoms with E-state index in [-0.39, 0.29) is 6.61 Å². The zero-order valence-corrected chi connectivity index (χ0v) is 18.8. The molecule has 9 heteroatoms. The molecule has 3 N–H and O–H groups in total. The molecule has 1 atom stereocenters. The van der Waals surface area contributed by atoms with Gasteiger partial charge >= 0.3 is 0 Å². The summed E-state index contributed by atoms with van der Waals surface area (Å²) in [4.78, 5) is 9.26. The molecule has 0 saturated heterocycles. The molecular weight excluding hydrogens is 400 g/mol. The van der Waals surface area contributed by atoms with Crippen molar-refractivity contribution < 1.29 is 24.1 Å². The largest absolute Gasteiger partial charge is 0.488 e. The Hall–Kier alpha value is -2.46. The van der Waals surface area contributed by atoms with Crippen molar-refractivity contribution in [2.75, 3.05) is 39.8 Å². The van der Waals surface area contributed by atoms with E-state index in [1.807, 2.05) is 29.7 Å². The number of methoxy groups -OCH3 is 2. The van der Waals surface area contributed by atoms with Gasteiger partial charge in [0.15, 0.2) is 12.1 Å². The molecule has 0 fully saturated rings. The third kappa shape index (κ3) is 5.43. The van der Waals surface area contributed by atoms with Gasteiger partial charge < -0.3 is 34.4 Å². The van der Waals surface area contributed by atoms with Crippen LogP contribution in [0.15, 0.2) is 18.2 Å². The van der Waals surface area contributed by atoms with Crippen molar-refractivity contribution in [2.24, 2.45) is 0 Å². The molecular formula is C22H32N4O5. The number of aliphatic hydroxyl groups is 1. The molecule has 9 nitrogen and oxygen atoms in total. The molecule has 0 bridgehead atoms. The Morgan fingerprint density at radius 1 is 1.23 bits per heavy atom. The maximum atomic E-state index is 10.5. The van der Waals surface area contributed by atoms with Crippen LogP contribution in [0.4, 0.5) is 5.82 Å². The van der Waals surface area contributed by atoms with E-state index < -0.39 is 11.9 Å². The Bertz CT molecular complexity index is 1030. The number of imidazole rings is 1. The van der Waals surface area contributed by atoms with Crippen LogP contribution in [-0.2, 0) is 27.2 Å². The van der Waals surface area contributed by atoms with Crippen LogP contribution in [-0.4, -0.2) is 65.6 Å². The summed E-state index contributed by atoms with van der Waals surface area (Å²) in [5.41, 5.74) is 7.48. The van der Waals surface area contributed by atoms with E-state index in [1.54, 1.807) is 28.1 Å². The fourth-order valence-corrected chi connectivity index (χ4v) is 3.50. The van der Waals surface area contributed by atoms with Crippen molar-refractivity contribution in [3.8, 4) is 5.75 Å². The van der Waals surface area contributed by atoms with Gasteiger partial charge in [-0.1, -0.05) is 0 Å². The second kappa shape index (κ2) is 9.78. The summed E-state index contributed by atoms with van der Waals surface area (Å²) >= 11 is 0. The summed E-state index contributed by atoms with van der Waals surface area (Å²) in [6, 6.07) is 5.64. The number of fused-ring (bicyclic) bond motifs is 3. The Morgan fingerprint density at radius 3 is 2.65 bits per heavy atom. The minimum atomic E-state index is -0.933. The van der Waals surface area contributed by atoms with Crippen molar-refractivity contribution >= 4 is 27.8 Å². The number of benzene rings is 1. The summed E-state index contributed by atoms with van der Waals surface area (Å²) < 4.78 is 23.8. The molecule has 3 rings (SSSR count). The van der Waals surface area contributed by atoms with E-state index in [0.29, 0.717) is 48.8 Å². The molecule has 0 aliphatic rings.